The molecule has 0 amide bonds. The van der Waals surface area contributed by atoms with E-state index in [1.807, 2.05) is 6.92 Å². The van der Waals surface area contributed by atoms with Crippen LogP contribution in [0.3, 0.4) is 0 Å². The Balaban J connectivity index is 1.76. The first kappa shape index (κ1) is 37.1. The van der Waals surface area contributed by atoms with Gasteiger partial charge in [-0.25, -0.2) is 4.79 Å². The fraction of sp³-hybridized carbons (Fsp3) is 0.788. The zero-order valence-electron chi connectivity index (χ0n) is 26.7. The minimum atomic E-state index is -1.73. The van der Waals surface area contributed by atoms with Gasteiger partial charge in [-0.3, -0.25) is 0 Å². The predicted molar refractivity (Wildman–Crippen MR) is 163 cm³/mol. The van der Waals surface area contributed by atoms with Gasteiger partial charge in [0.25, 0.3) is 0 Å². The number of carbonyl (C=O) groups is 1. The minimum absolute atomic E-state index is 0.0928. The molecule has 6 N–H and O–H groups in total. The first-order chi connectivity index (χ1) is 20.4. The van der Waals surface area contributed by atoms with E-state index in [1.165, 1.54) is 44.9 Å². The number of phenolic OH excluding ortho intramolecular Hbond substituents is 2. The van der Waals surface area contributed by atoms with Crippen LogP contribution in [0.15, 0.2) is 12.1 Å². The average molecular weight is 613 g/mol. The molecule has 0 saturated carbocycles. The van der Waals surface area contributed by atoms with E-state index in [1.54, 1.807) is 0 Å². The summed E-state index contributed by atoms with van der Waals surface area (Å²) in [6, 6.07) is 2.16. The molecule has 0 aromatic heterocycles. The summed E-state index contributed by atoms with van der Waals surface area (Å²) >= 11 is 0. The van der Waals surface area contributed by atoms with Gasteiger partial charge in [0.15, 0.2) is 11.5 Å². The van der Waals surface area contributed by atoms with Crippen molar-refractivity contribution in [1.29, 1.82) is 0 Å². The molecule has 1 heterocycles. The lowest BCUT2D eigenvalue weighted by Gasteiger charge is -2.39. The number of ether oxygens (including phenoxy) is 3. The normalized spacial score (nSPS) is 25.1. The molecule has 248 valence electrons. The average Bonchev–Trinajstić information content (AvgIpc) is 2.98. The van der Waals surface area contributed by atoms with Gasteiger partial charge < -0.3 is 44.8 Å². The molecule has 2 rings (SSSR count). The van der Waals surface area contributed by atoms with Crippen molar-refractivity contribution in [3.8, 4) is 17.2 Å². The molecule has 0 aliphatic carbocycles. The van der Waals surface area contributed by atoms with Gasteiger partial charge in [-0.2, -0.15) is 0 Å². The molecule has 1 saturated heterocycles. The highest BCUT2D eigenvalue weighted by atomic mass is 16.7. The maximum Gasteiger partial charge on any atom is 0.338 e. The van der Waals surface area contributed by atoms with Crippen LogP contribution in [0.4, 0.5) is 0 Å². The Bertz CT molecular complexity index is 954. The number of hydrogen-bond donors (Lipinski definition) is 6. The van der Waals surface area contributed by atoms with E-state index in [2.05, 4.69) is 27.7 Å². The smallest absolute Gasteiger partial charge is 0.338 e. The van der Waals surface area contributed by atoms with Crippen molar-refractivity contribution < 1.29 is 49.6 Å². The Morgan fingerprint density at radius 1 is 0.814 bits per heavy atom. The lowest BCUT2D eigenvalue weighted by molar-refractivity contribution is -0.277. The van der Waals surface area contributed by atoms with Crippen LogP contribution in [-0.2, 0) is 9.47 Å². The zero-order valence-corrected chi connectivity index (χ0v) is 26.7. The summed E-state index contributed by atoms with van der Waals surface area (Å²) in [6.45, 7) is 10.8. The van der Waals surface area contributed by atoms with E-state index < -0.39 is 60.5 Å². The molecule has 0 radical (unpaired) electrons. The fourth-order valence-electron chi connectivity index (χ4n) is 5.41. The van der Waals surface area contributed by atoms with Gasteiger partial charge in [0.2, 0.25) is 12.0 Å². The number of phenols is 2. The Morgan fingerprint density at radius 3 is 1.88 bits per heavy atom. The van der Waals surface area contributed by atoms with Gasteiger partial charge in [-0.05, 0) is 42.2 Å². The second-order valence-electron chi connectivity index (χ2n) is 12.9. The molecule has 10 nitrogen and oxygen atoms in total. The second kappa shape index (κ2) is 18.6. The highest BCUT2D eigenvalue weighted by molar-refractivity contribution is 5.91. The van der Waals surface area contributed by atoms with Gasteiger partial charge in [0, 0.05) is 0 Å². The summed E-state index contributed by atoms with van der Waals surface area (Å²) in [5, 5.41) is 59.9. The molecule has 10 heteroatoms. The number of aliphatic hydroxyl groups excluding tert-OH is 4. The van der Waals surface area contributed by atoms with Crippen molar-refractivity contribution in [3.63, 3.8) is 0 Å². The molecule has 9 atom stereocenters. The van der Waals surface area contributed by atoms with Crippen LogP contribution >= 0.6 is 0 Å². The van der Waals surface area contributed by atoms with Crippen LogP contribution in [0.25, 0.3) is 0 Å². The third kappa shape index (κ3) is 12.1. The topological polar surface area (TPSA) is 166 Å². The van der Waals surface area contributed by atoms with Gasteiger partial charge >= 0.3 is 5.97 Å². The summed E-state index contributed by atoms with van der Waals surface area (Å²) in [7, 11) is 0. The molecule has 1 aliphatic rings. The van der Waals surface area contributed by atoms with Crippen LogP contribution in [0.2, 0.25) is 0 Å². The van der Waals surface area contributed by atoms with Crippen LogP contribution in [0, 0.1) is 23.7 Å². The number of aliphatic hydroxyl groups is 4. The van der Waals surface area contributed by atoms with Crippen LogP contribution in [-0.4, -0.2) is 80.5 Å². The second-order valence-corrected chi connectivity index (χ2v) is 12.9. The van der Waals surface area contributed by atoms with Crippen molar-refractivity contribution in [3.05, 3.63) is 17.7 Å². The summed E-state index contributed by atoms with van der Waals surface area (Å²) in [6.07, 6.45) is 4.30. The molecule has 1 aromatic carbocycles. The van der Waals surface area contributed by atoms with E-state index in [0.29, 0.717) is 5.92 Å². The lowest BCUT2D eigenvalue weighted by Crippen LogP contribution is -2.60. The molecule has 1 aliphatic heterocycles. The Labute approximate surface area is 257 Å². The Hall–Kier alpha value is -2.11. The minimum Gasteiger partial charge on any atom is -0.504 e. The molecule has 0 spiro atoms. The number of benzene rings is 1. The maximum absolute atomic E-state index is 12.7. The van der Waals surface area contributed by atoms with Gasteiger partial charge in [-0.15, -0.1) is 0 Å². The van der Waals surface area contributed by atoms with Gasteiger partial charge in [-0.1, -0.05) is 92.4 Å². The summed E-state index contributed by atoms with van der Waals surface area (Å²) < 4.78 is 16.1. The van der Waals surface area contributed by atoms with E-state index in [9.17, 15) is 35.4 Å². The Kier molecular flexibility index (Phi) is 16.1. The Morgan fingerprint density at radius 2 is 1.35 bits per heavy atom. The number of aromatic hydroxyl groups is 2. The fourth-order valence-corrected chi connectivity index (χ4v) is 5.41. The summed E-state index contributed by atoms with van der Waals surface area (Å²) in [5.74, 6) is -0.0898. The van der Waals surface area contributed by atoms with Crippen molar-refractivity contribution in [2.75, 3.05) is 13.2 Å². The first-order valence-corrected chi connectivity index (χ1v) is 16.1. The molecule has 43 heavy (non-hydrogen) atoms. The molecule has 9 unspecified atom stereocenters. The van der Waals surface area contributed by atoms with Crippen molar-refractivity contribution in [2.24, 2.45) is 23.7 Å². The predicted octanol–water partition coefficient (Wildman–Crippen LogP) is 4.90. The van der Waals surface area contributed by atoms with Crippen LogP contribution in [0.5, 0.6) is 17.2 Å². The van der Waals surface area contributed by atoms with E-state index >= 15 is 0 Å². The molecular weight excluding hydrogens is 556 g/mol. The van der Waals surface area contributed by atoms with Gasteiger partial charge in [0.05, 0.1) is 18.8 Å². The molecule has 0 bridgehead atoms. The van der Waals surface area contributed by atoms with Crippen molar-refractivity contribution in [2.45, 2.75) is 130 Å². The van der Waals surface area contributed by atoms with Crippen molar-refractivity contribution in [1.82, 2.24) is 0 Å². The van der Waals surface area contributed by atoms with Crippen molar-refractivity contribution >= 4 is 5.97 Å². The maximum atomic E-state index is 12.7. The highest BCUT2D eigenvalue weighted by Crippen LogP contribution is 2.38. The van der Waals surface area contributed by atoms with Crippen LogP contribution in [0.1, 0.15) is 109 Å². The highest BCUT2D eigenvalue weighted by Gasteiger charge is 2.45. The third-order valence-electron chi connectivity index (χ3n) is 8.76. The third-order valence-corrected chi connectivity index (χ3v) is 8.76. The SMILES string of the molecule is CCC(C)CCCC(C)CCCC(C)CCCC(C)COC(=O)c1cc(O)c(O)c(OC2OC(CO)C(O)C(O)C2O)c1. The van der Waals surface area contributed by atoms with Crippen LogP contribution < -0.4 is 4.74 Å². The van der Waals surface area contributed by atoms with E-state index in [-0.39, 0.29) is 18.1 Å². The van der Waals surface area contributed by atoms with Gasteiger partial charge in [0.1, 0.15) is 24.4 Å². The molecule has 1 fully saturated rings. The van der Waals surface area contributed by atoms with E-state index in [0.717, 1.165) is 43.2 Å². The standard InChI is InChI=1S/C33H56O10/c1-6-20(2)10-7-11-21(3)12-8-13-22(4)14-9-15-23(5)19-41-32(40)24-16-25(35)28(36)26(17-24)42-33-31(39)30(38)29(37)27(18-34)43-33/h16-17,20-23,27,29-31,33-39H,6-15,18-19H2,1-5H3. The number of hydrogen-bond acceptors (Lipinski definition) is 10. The number of rotatable bonds is 19. The zero-order chi connectivity index (χ0) is 32.1. The number of esters is 1. The molecule has 1 aromatic rings. The molecular formula is C33H56O10. The first-order valence-electron chi connectivity index (χ1n) is 16.1. The summed E-state index contributed by atoms with van der Waals surface area (Å²) in [5.41, 5.74) is -0.0928. The quantitative estimate of drug-likeness (QED) is 0.0935. The van der Waals surface area contributed by atoms with E-state index in [4.69, 9.17) is 14.2 Å². The largest absolute Gasteiger partial charge is 0.504 e. The monoisotopic (exact) mass is 612 g/mol. The number of carbonyl (C=O) groups excluding carboxylic acids is 1. The summed E-state index contributed by atoms with van der Waals surface area (Å²) in [4.78, 5) is 12.7. The lowest BCUT2D eigenvalue weighted by atomic mass is 9.91.